The largest absolute Gasteiger partial charge is 0.455 e. The van der Waals surface area contributed by atoms with Crippen LogP contribution in [0.15, 0.2) is 24.3 Å². The van der Waals surface area contributed by atoms with E-state index in [9.17, 15) is 23.6 Å². The van der Waals surface area contributed by atoms with Crippen molar-refractivity contribution in [1.82, 2.24) is 10.6 Å². The van der Waals surface area contributed by atoms with E-state index in [0.717, 1.165) is 0 Å². The lowest BCUT2D eigenvalue weighted by molar-refractivity contribution is -0.152. The number of imide groups is 1. The van der Waals surface area contributed by atoms with Gasteiger partial charge in [-0.1, -0.05) is 12.1 Å². The molecular formula is C18H22FN3O5. The summed E-state index contributed by atoms with van der Waals surface area (Å²) < 4.78 is 18.7. The summed E-state index contributed by atoms with van der Waals surface area (Å²) in [5.74, 6) is -3.33. The van der Waals surface area contributed by atoms with Gasteiger partial charge >= 0.3 is 12.0 Å². The third-order valence-electron chi connectivity index (χ3n) is 3.69. The molecule has 0 bridgehead atoms. The first-order valence-electron chi connectivity index (χ1n) is 8.40. The predicted molar refractivity (Wildman–Crippen MR) is 94.2 cm³/mol. The molecule has 2 rings (SSSR count). The molecule has 0 spiro atoms. The molecule has 4 amide bonds. The third-order valence-corrected chi connectivity index (χ3v) is 3.69. The summed E-state index contributed by atoms with van der Waals surface area (Å²) in [6.45, 7) is 4.55. The van der Waals surface area contributed by atoms with Crippen LogP contribution in [0.5, 0.6) is 0 Å². The van der Waals surface area contributed by atoms with Crippen LogP contribution in [-0.4, -0.2) is 42.5 Å². The van der Waals surface area contributed by atoms with E-state index in [2.05, 4.69) is 5.32 Å². The Kier molecular flexibility index (Phi) is 6.14. The molecule has 9 heteroatoms. The number of nitrogens with one attached hydrogen (secondary N) is 2. The summed E-state index contributed by atoms with van der Waals surface area (Å²) in [7, 11) is 0. The van der Waals surface area contributed by atoms with Gasteiger partial charge in [-0.05, 0) is 32.9 Å². The molecule has 27 heavy (non-hydrogen) atoms. The SMILES string of the molecule is CC(C)(C)NC(=O)NC(=O)COC(=O)[C@H]1CC(=O)N(c2ccccc2F)C1. The Morgan fingerprint density at radius 2 is 1.93 bits per heavy atom. The number of benzene rings is 1. The summed E-state index contributed by atoms with van der Waals surface area (Å²) in [4.78, 5) is 48.6. The van der Waals surface area contributed by atoms with Crippen molar-refractivity contribution in [2.75, 3.05) is 18.1 Å². The zero-order chi connectivity index (χ0) is 20.2. The van der Waals surface area contributed by atoms with Crippen LogP contribution in [-0.2, 0) is 19.1 Å². The van der Waals surface area contributed by atoms with Crippen LogP contribution in [0.3, 0.4) is 0 Å². The zero-order valence-electron chi connectivity index (χ0n) is 15.4. The lowest BCUT2D eigenvalue weighted by Crippen LogP contribution is -2.49. The van der Waals surface area contributed by atoms with Crippen LogP contribution in [0.25, 0.3) is 0 Å². The maximum absolute atomic E-state index is 13.8. The molecule has 1 aliphatic heterocycles. The van der Waals surface area contributed by atoms with Gasteiger partial charge in [-0.25, -0.2) is 9.18 Å². The minimum atomic E-state index is -0.812. The summed E-state index contributed by atoms with van der Waals surface area (Å²) in [6, 6.07) is 5.05. The summed E-state index contributed by atoms with van der Waals surface area (Å²) in [5.41, 5.74) is -0.434. The first-order valence-corrected chi connectivity index (χ1v) is 8.40. The lowest BCUT2D eigenvalue weighted by atomic mass is 10.1. The summed E-state index contributed by atoms with van der Waals surface area (Å²) >= 11 is 0. The van der Waals surface area contributed by atoms with Gasteiger partial charge in [0.15, 0.2) is 6.61 Å². The van der Waals surface area contributed by atoms with E-state index < -0.39 is 47.7 Å². The first kappa shape index (κ1) is 20.3. The number of para-hydroxylation sites is 1. The Hall–Kier alpha value is -2.97. The Labute approximate surface area is 156 Å². The van der Waals surface area contributed by atoms with Gasteiger partial charge in [0.25, 0.3) is 5.91 Å². The fourth-order valence-corrected chi connectivity index (χ4v) is 2.56. The van der Waals surface area contributed by atoms with Gasteiger partial charge in [-0.2, -0.15) is 0 Å². The minimum Gasteiger partial charge on any atom is -0.455 e. The van der Waals surface area contributed by atoms with Crippen molar-refractivity contribution in [3.05, 3.63) is 30.1 Å². The Balaban J connectivity index is 1.85. The molecule has 1 aromatic rings. The van der Waals surface area contributed by atoms with E-state index >= 15 is 0 Å². The maximum Gasteiger partial charge on any atom is 0.321 e. The van der Waals surface area contributed by atoms with Gasteiger partial charge in [0, 0.05) is 18.5 Å². The molecule has 0 radical (unpaired) electrons. The molecule has 1 aliphatic rings. The predicted octanol–water partition coefficient (Wildman–Crippen LogP) is 1.35. The summed E-state index contributed by atoms with van der Waals surface area (Å²) in [5, 5.41) is 4.57. The molecule has 2 N–H and O–H groups in total. The smallest absolute Gasteiger partial charge is 0.321 e. The first-order chi connectivity index (χ1) is 12.6. The van der Waals surface area contributed by atoms with E-state index in [0.29, 0.717) is 0 Å². The number of hydrogen-bond acceptors (Lipinski definition) is 5. The Bertz CT molecular complexity index is 760. The number of ether oxygens (including phenoxy) is 1. The van der Waals surface area contributed by atoms with Crippen LogP contribution in [0.1, 0.15) is 27.2 Å². The summed E-state index contributed by atoms with van der Waals surface area (Å²) in [6.07, 6.45) is -0.140. The van der Waals surface area contributed by atoms with Gasteiger partial charge < -0.3 is 15.0 Å². The van der Waals surface area contributed by atoms with Crippen molar-refractivity contribution in [3.63, 3.8) is 0 Å². The molecule has 1 aromatic carbocycles. The highest BCUT2D eigenvalue weighted by molar-refractivity contribution is 6.00. The monoisotopic (exact) mass is 379 g/mol. The molecular weight excluding hydrogens is 357 g/mol. The molecule has 0 saturated carbocycles. The van der Waals surface area contributed by atoms with Crippen molar-refractivity contribution < 1.29 is 28.3 Å². The number of hydrogen-bond donors (Lipinski definition) is 2. The number of esters is 1. The van der Waals surface area contributed by atoms with Crippen molar-refractivity contribution in [1.29, 1.82) is 0 Å². The highest BCUT2D eigenvalue weighted by atomic mass is 19.1. The highest BCUT2D eigenvalue weighted by Crippen LogP contribution is 2.27. The number of anilines is 1. The number of halogens is 1. The van der Waals surface area contributed by atoms with Gasteiger partial charge in [0.05, 0.1) is 11.6 Å². The van der Waals surface area contributed by atoms with E-state index in [1.54, 1.807) is 26.8 Å². The van der Waals surface area contributed by atoms with Gasteiger partial charge in [0.2, 0.25) is 5.91 Å². The Morgan fingerprint density at radius 3 is 2.56 bits per heavy atom. The van der Waals surface area contributed by atoms with E-state index in [1.165, 1.54) is 23.1 Å². The average molecular weight is 379 g/mol. The molecule has 1 fully saturated rings. The molecule has 146 valence electrons. The van der Waals surface area contributed by atoms with Gasteiger partial charge in [-0.3, -0.25) is 19.7 Å². The standard InChI is InChI=1S/C18H22FN3O5/c1-18(2,3)21-17(26)20-14(23)10-27-16(25)11-8-15(24)22(9-11)13-7-5-4-6-12(13)19/h4-7,11H,8-10H2,1-3H3,(H2,20,21,23,26)/t11-/m0/s1. The van der Waals surface area contributed by atoms with Crippen LogP contribution in [0, 0.1) is 11.7 Å². The number of urea groups is 1. The van der Waals surface area contributed by atoms with Gasteiger partial charge in [0.1, 0.15) is 5.82 Å². The van der Waals surface area contributed by atoms with Crippen molar-refractivity contribution >= 4 is 29.5 Å². The molecule has 1 atom stereocenters. The second-order valence-electron chi connectivity index (χ2n) is 7.22. The van der Waals surface area contributed by atoms with Gasteiger partial charge in [-0.15, -0.1) is 0 Å². The number of rotatable bonds is 4. The topological polar surface area (TPSA) is 105 Å². The highest BCUT2D eigenvalue weighted by Gasteiger charge is 2.37. The second-order valence-corrected chi connectivity index (χ2v) is 7.22. The van der Waals surface area contributed by atoms with E-state index in [-0.39, 0.29) is 18.7 Å². The van der Waals surface area contributed by atoms with E-state index in [4.69, 9.17) is 4.74 Å². The molecule has 1 heterocycles. The van der Waals surface area contributed by atoms with Crippen molar-refractivity contribution in [3.8, 4) is 0 Å². The zero-order valence-corrected chi connectivity index (χ0v) is 15.4. The third kappa shape index (κ3) is 5.77. The van der Waals surface area contributed by atoms with E-state index in [1.807, 2.05) is 5.32 Å². The Morgan fingerprint density at radius 1 is 1.26 bits per heavy atom. The fraction of sp³-hybridized carbons (Fsp3) is 0.444. The number of carbonyl (C=O) groups excluding carboxylic acids is 4. The quantitative estimate of drug-likeness (QED) is 0.769. The average Bonchev–Trinajstić information content (AvgIpc) is 2.93. The van der Waals surface area contributed by atoms with Crippen LogP contribution in [0.4, 0.5) is 14.9 Å². The van der Waals surface area contributed by atoms with Crippen LogP contribution >= 0.6 is 0 Å². The van der Waals surface area contributed by atoms with Crippen molar-refractivity contribution in [2.45, 2.75) is 32.7 Å². The second kappa shape index (κ2) is 8.15. The maximum atomic E-state index is 13.8. The molecule has 0 unspecified atom stereocenters. The lowest BCUT2D eigenvalue weighted by Gasteiger charge is -2.20. The molecule has 0 aliphatic carbocycles. The number of nitrogens with zero attached hydrogens (tertiary/aromatic N) is 1. The molecule has 8 nitrogen and oxygen atoms in total. The number of carbonyl (C=O) groups is 4. The number of amides is 4. The van der Waals surface area contributed by atoms with Crippen molar-refractivity contribution in [2.24, 2.45) is 5.92 Å². The van der Waals surface area contributed by atoms with Crippen LogP contribution in [0.2, 0.25) is 0 Å². The fourth-order valence-electron chi connectivity index (χ4n) is 2.56. The minimum absolute atomic E-state index is 0.0370. The molecule has 0 aromatic heterocycles. The van der Waals surface area contributed by atoms with Crippen LogP contribution < -0.4 is 15.5 Å². The normalized spacial score (nSPS) is 16.8. The molecule has 1 saturated heterocycles.